The van der Waals surface area contributed by atoms with Gasteiger partial charge in [-0.3, -0.25) is 0 Å². The van der Waals surface area contributed by atoms with E-state index in [0.717, 1.165) is 18.7 Å². The van der Waals surface area contributed by atoms with E-state index < -0.39 is 0 Å². The van der Waals surface area contributed by atoms with Crippen molar-refractivity contribution in [3.8, 4) is 0 Å². The highest BCUT2D eigenvalue weighted by Gasteiger charge is 2.09. The van der Waals surface area contributed by atoms with E-state index in [1.54, 1.807) is 12.1 Å². The highest BCUT2D eigenvalue weighted by molar-refractivity contribution is 7.98. The zero-order valence-electron chi connectivity index (χ0n) is 10.7. The summed E-state index contributed by atoms with van der Waals surface area (Å²) in [5, 5.41) is 3.55. The molecular formula is C14H22FNS. The monoisotopic (exact) mass is 255 g/mol. The van der Waals surface area contributed by atoms with Gasteiger partial charge in [0, 0.05) is 18.3 Å². The summed E-state index contributed by atoms with van der Waals surface area (Å²) in [5.74, 6) is 0.955. The van der Waals surface area contributed by atoms with Crippen molar-refractivity contribution in [2.24, 2.45) is 0 Å². The minimum absolute atomic E-state index is 0.160. The molecule has 0 heterocycles. The first-order valence-corrected chi connectivity index (χ1v) is 7.65. The van der Waals surface area contributed by atoms with Gasteiger partial charge in [-0.1, -0.05) is 31.9 Å². The first kappa shape index (κ1) is 14.5. The number of nitrogens with one attached hydrogen (secondary N) is 1. The van der Waals surface area contributed by atoms with Crippen molar-refractivity contribution in [2.75, 3.05) is 18.6 Å². The Hall–Kier alpha value is -0.540. The number of rotatable bonds is 8. The van der Waals surface area contributed by atoms with Gasteiger partial charge in [0.05, 0.1) is 0 Å². The van der Waals surface area contributed by atoms with Crippen LogP contribution in [-0.4, -0.2) is 18.6 Å². The van der Waals surface area contributed by atoms with Crippen LogP contribution >= 0.6 is 11.8 Å². The Morgan fingerprint density at radius 2 is 2.00 bits per heavy atom. The number of hydrogen-bond donors (Lipinski definition) is 1. The van der Waals surface area contributed by atoms with Crippen molar-refractivity contribution in [1.29, 1.82) is 0 Å². The molecule has 1 aromatic carbocycles. The fraction of sp³-hybridized carbons (Fsp3) is 0.571. The minimum atomic E-state index is -0.160. The summed E-state index contributed by atoms with van der Waals surface area (Å²) in [6, 6.07) is 7.24. The largest absolute Gasteiger partial charge is 0.309 e. The number of unbranched alkanes of at least 4 members (excludes halogenated alkanes) is 1. The van der Waals surface area contributed by atoms with E-state index in [0.29, 0.717) is 6.04 Å². The third-order valence-corrected chi connectivity index (χ3v) is 3.43. The van der Waals surface area contributed by atoms with Crippen molar-refractivity contribution in [3.63, 3.8) is 0 Å². The lowest BCUT2D eigenvalue weighted by molar-refractivity contribution is 0.495. The van der Waals surface area contributed by atoms with Crippen LogP contribution in [0.1, 0.15) is 37.8 Å². The van der Waals surface area contributed by atoms with Crippen molar-refractivity contribution >= 4 is 11.8 Å². The molecule has 0 bridgehead atoms. The maximum atomic E-state index is 12.9. The van der Waals surface area contributed by atoms with Crippen molar-refractivity contribution < 1.29 is 4.39 Å². The number of thioether (sulfide) groups is 1. The maximum absolute atomic E-state index is 12.9. The third kappa shape index (κ3) is 5.55. The van der Waals surface area contributed by atoms with E-state index in [9.17, 15) is 4.39 Å². The molecule has 17 heavy (non-hydrogen) atoms. The minimum Gasteiger partial charge on any atom is -0.309 e. The molecule has 0 aliphatic heterocycles. The lowest BCUT2D eigenvalue weighted by Gasteiger charge is -2.19. The normalized spacial score (nSPS) is 12.6. The van der Waals surface area contributed by atoms with E-state index in [1.165, 1.54) is 18.4 Å². The summed E-state index contributed by atoms with van der Waals surface area (Å²) in [4.78, 5) is 0. The Labute approximate surface area is 108 Å². The van der Waals surface area contributed by atoms with Crippen LogP contribution in [0.15, 0.2) is 24.3 Å². The van der Waals surface area contributed by atoms with Crippen molar-refractivity contribution in [2.45, 2.75) is 32.2 Å². The van der Waals surface area contributed by atoms with Crippen molar-refractivity contribution in [1.82, 2.24) is 5.32 Å². The van der Waals surface area contributed by atoms with E-state index in [2.05, 4.69) is 18.5 Å². The second-order valence-electron chi connectivity index (χ2n) is 4.19. The second kappa shape index (κ2) is 8.54. The predicted octanol–water partition coefficient (Wildman–Crippen LogP) is 4.01. The lowest BCUT2D eigenvalue weighted by atomic mass is 10.0. The Morgan fingerprint density at radius 3 is 2.59 bits per heavy atom. The van der Waals surface area contributed by atoms with Crippen LogP contribution in [0.25, 0.3) is 0 Å². The van der Waals surface area contributed by atoms with Gasteiger partial charge in [0.1, 0.15) is 5.82 Å². The summed E-state index contributed by atoms with van der Waals surface area (Å²) in [6.07, 6.45) is 5.63. The number of benzene rings is 1. The number of halogens is 1. The molecule has 0 saturated carbocycles. The topological polar surface area (TPSA) is 12.0 Å². The van der Waals surface area contributed by atoms with Gasteiger partial charge in [-0.05, 0) is 30.4 Å². The van der Waals surface area contributed by atoms with Gasteiger partial charge in [0.2, 0.25) is 0 Å². The average Bonchev–Trinajstić information content (AvgIpc) is 2.35. The predicted molar refractivity (Wildman–Crippen MR) is 75.1 cm³/mol. The van der Waals surface area contributed by atoms with Crippen LogP contribution in [0, 0.1) is 5.82 Å². The van der Waals surface area contributed by atoms with Crippen LogP contribution in [0.5, 0.6) is 0 Å². The van der Waals surface area contributed by atoms with E-state index >= 15 is 0 Å². The fourth-order valence-corrected chi connectivity index (χ4v) is 2.15. The second-order valence-corrected chi connectivity index (χ2v) is 5.18. The standard InChI is InChI=1S/C14H22FNS/c1-3-4-5-14(16-10-11-17-2)12-6-8-13(15)9-7-12/h6-9,14,16H,3-5,10-11H2,1-2H3. The van der Waals surface area contributed by atoms with Gasteiger partial charge >= 0.3 is 0 Å². The lowest BCUT2D eigenvalue weighted by Crippen LogP contribution is -2.23. The quantitative estimate of drug-likeness (QED) is 0.704. The molecule has 1 atom stereocenters. The molecule has 1 nitrogen and oxygen atoms in total. The highest BCUT2D eigenvalue weighted by atomic mass is 32.2. The molecule has 0 aliphatic carbocycles. The fourth-order valence-electron chi connectivity index (χ4n) is 1.83. The molecule has 0 saturated heterocycles. The smallest absolute Gasteiger partial charge is 0.123 e. The SMILES string of the molecule is CCCCC(NCCSC)c1ccc(F)cc1. The maximum Gasteiger partial charge on any atom is 0.123 e. The summed E-state index contributed by atoms with van der Waals surface area (Å²) in [7, 11) is 0. The van der Waals surface area contributed by atoms with Gasteiger partial charge in [-0.15, -0.1) is 0 Å². The molecule has 0 radical (unpaired) electrons. The molecule has 0 amide bonds. The Morgan fingerprint density at radius 1 is 1.29 bits per heavy atom. The average molecular weight is 255 g/mol. The first-order chi connectivity index (χ1) is 8.27. The molecule has 1 rings (SSSR count). The van der Waals surface area contributed by atoms with Gasteiger partial charge in [0.15, 0.2) is 0 Å². The highest BCUT2D eigenvalue weighted by Crippen LogP contribution is 2.19. The zero-order chi connectivity index (χ0) is 12.5. The van der Waals surface area contributed by atoms with Crippen molar-refractivity contribution in [3.05, 3.63) is 35.6 Å². The summed E-state index contributed by atoms with van der Waals surface area (Å²) in [6.45, 7) is 3.20. The molecule has 96 valence electrons. The van der Waals surface area contributed by atoms with Crippen LogP contribution in [-0.2, 0) is 0 Å². The molecule has 0 fully saturated rings. The summed E-state index contributed by atoms with van der Waals surface area (Å²) in [5.41, 5.74) is 1.20. The molecule has 0 aromatic heterocycles. The van der Waals surface area contributed by atoms with Gasteiger partial charge in [-0.25, -0.2) is 4.39 Å². The zero-order valence-corrected chi connectivity index (χ0v) is 11.5. The molecule has 1 aromatic rings. The van der Waals surface area contributed by atoms with E-state index in [-0.39, 0.29) is 5.82 Å². The van der Waals surface area contributed by atoms with Gasteiger partial charge in [-0.2, -0.15) is 11.8 Å². The van der Waals surface area contributed by atoms with Crippen LogP contribution in [0.2, 0.25) is 0 Å². The van der Waals surface area contributed by atoms with Crippen LogP contribution in [0.4, 0.5) is 4.39 Å². The van der Waals surface area contributed by atoms with Crippen LogP contribution < -0.4 is 5.32 Å². The Balaban J connectivity index is 2.57. The molecule has 3 heteroatoms. The summed E-state index contributed by atoms with van der Waals surface area (Å²) < 4.78 is 12.9. The van der Waals surface area contributed by atoms with E-state index in [1.807, 2.05) is 23.9 Å². The Bertz CT molecular complexity index is 300. The number of hydrogen-bond acceptors (Lipinski definition) is 2. The molecule has 0 spiro atoms. The molecular weight excluding hydrogens is 233 g/mol. The first-order valence-electron chi connectivity index (χ1n) is 6.25. The van der Waals surface area contributed by atoms with Gasteiger partial charge < -0.3 is 5.32 Å². The van der Waals surface area contributed by atoms with Crippen LogP contribution in [0.3, 0.4) is 0 Å². The molecule has 1 N–H and O–H groups in total. The van der Waals surface area contributed by atoms with Gasteiger partial charge in [0.25, 0.3) is 0 Å². The third-order valence-electron chi connectivity index (χ3n) is 2.82. The van der Waals surface area contributed by atoms with E-state index in [4.69, 9.17) is 0 Å². The Kier molecular flexibility index (Phi) is 7.29. The summed E-state index contributed by atoms with van der Waals surface area (Å²) >= 11 is 1.84. The molecule has 0 aliphatic rings. The molecule has 1 unspecified atom stereocenters.